The second-order valence-electron chi connectivity index (χ2n) is 5.40. The highest BCUT2D eigenvalue weighted by Crippen LogP contribution is 2.13. The number of benzene rings is 1. The van der Waals surface area contributed by atoms with Crippen molar-refractivity contribution in [3.8, 4) is 0 Å². The third-order valence-electron chi connectivity index (χ3n) is 3.43. The molecule has 1 aromatic carbocycles. The highest BCUT2D eigenvalue weighted by atomic mass is 16.4. The van der Waals surface area contributed by atoms with Gasteiger partial charge in [0.2, 0.25) is 5.91 Å². The molecule has 27 heavy (non-hydrogen) atoms. The second-order valence-corrected chi connectivity index (χ2v) is 5.40. The van der Waals surface area contributed by atoms with Crippen molar-refractivity contribution in [3.63, 3.8) is 0 Å². The summed E-state index contributed by atoms with van der Waals surface area (Å²) in [6.07, 6.45) is 2.46. The fraction of sp³-hybridized carbons (Fsp3) is 0.188. The van der Waals surface area contributed by atoms with Gasteiger partial charge in [-0.2, -0.15) is 10.2 Å². The summed E-state index contributed by atoms with van der Waals surface area (Å²) in [6, 6.07) is 7.27. The normalized spacial score (nSPS) is 11.7. The summed E-state index contributed by atoms with van der Waals surface area (Å²) in [5.41, 5.74) is 1.31. The summed E-state index contributed by atoms with van der Waals surface area (Å²) >= 11 is 0. The third kappa shape index (κ3) is 6.16. The number of rotatable bonds is 9. The number of aromatic amines is 1. The van der Waals surface area contributed by atoms with Crippen LogP contribution in [0, 0.1) is 0 Å². The van der Waals surface area contributed by atoms with Crippen molar-refractivity contribution in [2.75, 3.05) is 11.9 Å². The van der Waals surface area contributed by atoms with Gasteiger partial charge in [-0.05, 0) is 24.3 Å². The van der Waals surface area contributed by atoms with Gasteiger partial charge >= 0.3 is 5.97 Å². The van der Waals surface area contributed by atoms with Gasteiger partial charge < -0.3 is 26.9 Å². The van der Waals surface area contributed by atoms with E-state index in [1.807, 2.05) is 0 Å². The summed E-state index contributed by atoms with van der Waals surface area (Å²) in [7, 11) is 0. The number of nitrogens with two attached hydrogens (primary N) is 1. The molecule has 1 atom stereocenters. The summed E-state index contributed by atoms with van der Waals surface area (Å²) in [6.45, 7) is -0.318. The van der Waals surface area contributed by atoms with Crippen LogP contribution in [0.2, 0.25) is 0 Å². The lowest BCUT2D eigenvalue weighted by Crippen LogP contribution is -2.39. The van der Waals surface area contributed by atoms with E-state index < -0.39 is 23.8 Å². The van der Waals surface area contributed by atoms with Gasteiger partial charge in [-0.15, -0.1) is 0 Å². The number of aliphatic carboxylic acids is 1. The molecule has 0 aliphatic rings. The molecule has 0 aliphatic heterocycles. The van der Waals surface area contributed by atoms with Crippen LogP contribution in [0.1, 0.15) is 28.5 Å². The van der Waals surface area contributed by atoms with Crippen LogP contribution >= 0.6 is 0 Å². The fourth-order valence-electron chi connectivity index (χ4n) is 2.24. The molecule has 1 heterocycles. The highest BCUT2D eigenvalue weighted by molar-refractivity contribution is 5.97. The molecule has 0 saturated carbocycles. The first-order chi connectivity index (χ1) is 13.0. The zero-order chi connectivity index (χ0) is 19.6. The number of nitrogens with zero attached hydrogens (tertiary/aromatic N) is 2. The molecule has 0 bridgehead atoms. The molecule has 0 aliphatic carbocycles. The van der Waals surface area contributed by atoms with Gasteiger partial charge in [0.25, 0.3) is 5.91 Å². The number of amides is 2. The summed E-state index contributed by atoms with van der Waals surface area (Å²) in [5, 5.41) is 26.5. The lowest BCUT2D eigenvalue weighted by atomic mass is 10.1. The first-order valence-electron chi connectivity index (χ1n) is 7.87. The molecule has 2 rings (SSSR count). The number of nitrogens with one attached hydrogen (secondary N) is 4. The molecule has 11 heteroatoms. The number of carboxylic acid groups (broad SMARTS) is 1. The molecular formula is C16H19N7O4. The molecule has 142 valence electrons. The van der Waals surface area contributed by atoms with Crippen molar-refractivity contribution in [1.29, 1.82) is 0 Å². The van der Waals surface area contributed by atoms with Crippen molar-refractivity contribution in [1.82, 2.24) is 20.8 Å². The van der Waals surface area contributed by atoms with E-state index in [9.17, 15) is 14.4 Å². The zero-order valence-corrected chi connectivity index (χ0v) is 14.2. The average Bonchev–Trinajstić information content (AvgIpc) is 3.18. The first kappa shape index (κ1) is 19.4. The minimum Gasteiger partial charge on any atom is -0.481 e. The van der Waals surface area contributed by atoms with Crippen LogP contribution in [-0.4, -0.2) is 46.0 Å². The van der Waals surface area contributed by atoms with Gasteiger partial charge in [-0.3, -0.25) is 19.5 Å². The van der Waals surface area contributed by atoms with Crippen molar-refractivity contribution < 1.29 is 19.5 Å². The van der Waals surface area contributed by atoms with Crippen LogP contribution < -0.4 is 21.8 Å². The number of carbonyl (C=O) groups is 3. The SMILES string of the molecule is NN=CNc1cccc(C(=O)NCC(=O)NC(CC(=O)O)c2cc[nH]n2)c1. The molecular weight excluding hydrogens is 354 g/mol. The van der Waals surface area contributed by atoms with Crippen LogP contribution in [0.5, 0.6) is 0 Å². The van der Waals surface area contributed by atoms with E-state index in [1.165, 1.54) is 12.5 Å². The Morgan fingerprint density at radius 1 is 1.33 bits per heavy atom. The van der Waals surface area contributed by atoms with Gasteiger partial charge in [0.15, 0.2) is 0 Å². The molecule has 7 N–H and O–H groups in total. The van der Waals surface area contributed by atoms with Crippen LogP contribution in [0.3, 0.4) is 0 Å². The minimum absolute atomic E-state index is 0.318. The Morgan fingerprint density at radius 3 is 2.81 bits per heavy atom. The van der Waals surface area contributed by atoms with Gasteiger partial charge in [0.1, 0.15) is 6.34 Å². The smallest absolute Gasteiger partial charge is 0.305 e. The van der Waals surface area contributed by atoms with E-state index in [-0.39, 0.29) is 13.0 Å². The predicted molar refractivity (Wildman–Crippen MR) is 96.8 cm³/mol. The number of hydrogen-bond donors (Lipinski definition) is 6. The maximum Gasteiger partial charge on any atom is 0.305 e. The molecule has 2 aromatic rings. The Balaban J connectivity index is 1.92. The van der Waals surface area contributed by atoms with Crippen LogP contribution in [-0.2, 0) is 9.59 Å². The Bertz CT molecular complexity index is 820. The number of hydrogen-bond acceptors (Lipinski definition) is 6. The third-order valence-corrected chi connectivity index (χ3v) is 3.43. The van der Waals surface area contributed by atoms with Crippen molar-refractivity contribution in [2.45, 2.75) is 12.5 Å². The quantitative estimate of drug-likeness (QED) is 0.152. The van der Waals surface area contributed by atoms with Gasteiger partial charge in [0.05, 0.1) is 24.7 Å². The van der Waals surface area contributed by atoms with E-state index in [0.29, 0.717) is 16.9 Å². The van der Waals surface area contributed by atoms with Crippen LogP contribution in [0.25, 0.3) is 0 Å². The molecule has 1 aromatic heterocycles. The number of hydrazone groups is 1. The Labute approximate surface area is 154 Å². The zero-order valence-electron chi connectivity index (χ0n) is 14.2. The molecule has 0 radical (unpaired) electrons. The lowest BCUT2D eigenvalue weighted by molar-refractivity contribution is -0.137. The van der Waals surface area contributed by atoms with Gasteiger partial charge in [-0.1, -0.05) is 6.07 Å². The summed E-state index contributed by atoms with van der Waals surface area (Å²) in [5.74, 6) is 2.91. The van der Waals surface area contributed by atoms with Crippen molar-refractivity contribution >= 4 is 29.8 Å². The van der Waals surface area contributed by atoms with E-state index in [1.54, 1.807) is 30.3 Å². The average molecular weight is 373 g/mol. The summed E-state index contributed by atoms with van der Waals surface area (Å²) < 4.78 is 0. The Kier molecular flexibility index (Phi) is 6.88. The highest BCUT2D eigenvalue weighted by Gasteiger charge is 2.20. The number of carbonyl (C=O) groups excluding carboxylic acids is 2. The minimum atomic E-state index is -1.09. The molecule has 0 fully saturated rings. The fourth-order valence-corrected chi connectivity index (χ4v) is 2.24. The predicted octanol–water partition coefficient (Wildman–Crippen LogP) is -0.214. The van der Waals surface area contributed by atoms with Crippen LogP contribution in [0.15, 0.2) is 41.6 Å². The molecule has 11 nitrogen and oxygen atoms in total. The van der Waals surface area contributed by atoms with Gasteiger partial charge in [-0.25, -0.2) is 0 Å². The Morgan fingerprint density at radius 2 is 2.15 bits per heavy atom. The Hall–Kier alpha value is -3.89. The standard InChI is InChI=1S/C16H19N7O4/c17-20-9-19-11-3-1-2-10(6-11)16(27)18-8-14(24)22-13(7-15(25)26)12-4-5-21-23-12/h1-6,9,13H,7-8,17H2,(H,18,27)(H,19,20)(H,21,23)(H,22,24)(H,25,26). The lowest BCUT2D eigenvalue weighted by Gasteiger charge is -2.15. The number of aromatic nitrogens is 2. The monoisotopic (exact) mass is 373 g/mol. The van der Waals surface area contributed by atoms with E-state index in [2.05, 4.69) is 31.2 Å². The number of anilines is 1. The number of H-pyrrole nitrogens is 1. The van der Waals surface area contributed by atoms with E-state index in [4.69, 9.17) is 10.9 Å². The second kappa shape index (κ2) is 9.56. The van der Waals surface area contributed by atoms with Crippen molar-refractivity contribution in [2.24, 2.45) is 10.9 Å². The van der Waals surface area contributed by atoms with E-state index >= 15 is 0 Å². The maximum absolute atomic E-state index is 12.2. The molecule has 2 amide bonds. The first-order valence-corrected chi connectivity index (χ1v) is 7.87. The van der Waals surface area contributed by atoms with Crippen molar-refractivity contribution in [3.05, 3.63) is 47.8 Å². The molecule has 0 spiro atoms. The topological polar surface area (TPSA) is 175 Å². The van der Waals surface area contributed by atoms with E-state index in [0.717, 1.165) is 0 Å². The molecule has 1 unspecified atom stereocenters. The summed E-state index contributed by atoms with van der Waals surface area (Å²) in [4.78, 5) is 35.2. The molecule has 0 saturated heterocycles. The number of carboxylic acids is 1. The maximum atomic E-state index is 12.2. The van der Waals surface area contributed by atoms with Crippen LogP contribution in [0.4, 0.5) is 5.69 Å². The van der Waals surface area contributed by atoms with Gasteiger partial charge in [0, 0.05) is 17.4 Å². The largest absolute Gasteiger partial charge is 0.481 e.